The van der Waals surface area contributed by atoms with Gasteiger partial charge in [0.1, 0.15) is 17.0 Å². The van der Waals surface area contributed by atoms with Gasteiger partial charge in [0.05, 0.1) is 11.1 Å². The van der Waals surface area contributed by atoms with Crippen LogP contribution in [0.2, 0.25) is 0 Å². The molecule has 180 valence electrons. The zero-order chi connectivity index (χ0) is 25.0. The number of nitrogens with zero attached hydrogens (tertiary/aromatic N) is 3. The van der Waals surface area contributed by atoms with Crippen LogP contribution >= 0.6 is 0 Å². The number of carbonyl (C=O) groups is 1. The van der Waals surface area contributed by atoms with Gasteiger partial charge in [-0.1, -0.05) is 12.1 Å². The second kappa shape index (κ2) is 10.4. The minimum absolute atomic E-state index is 0.0467. The predicted molar refractivity (Wildman–Crippen MR) is 125 cm³/mol. The first-order valence-electron chi connectivity index (χ1n) is 10.6. The van der Waals surface area contributed by atoms with Crippen molar-refractivity contribution in [3.63, 3.8) is 0 Å². The van der Waals surface area contributed by atoms with E-state index in [1.807, 2.05) is 34.7 Å². The number of fused-ring (bicyclic) bond motifs is 1. The molecule has 2 N–H and O–H groups in total. The first-order chi connectivity index (χ1) is 15.3. The molecule has 33 heavy (non-hydrogen) atoms. The Labute approximate surface area is 192 Å². The van der Waals surface area contributed by atoms with Gasteiger partial charge in [-0.2, -0.15) is 13.9 Å². The van der Waals surface area contributed by atoms with E-state index in [4.69, 9.17) is 0 Å². The van der Waals surface area contributed by atoms with Gasteiger partial charge in [0, 0.05) is 28.9 Å². The third kappa shape index (κ3) is 6.33. The number of halogens is 2. The second-order valence-electron chi connectivity index (χ2n) is 8.98. The molecule has 2 heterocycles. The topological polar surface area (TPSA) is 89.3 Å². The van der Waals surface area contributed by atoms with E-state index in [0.717, 1.165) is 6.29 Å². The van der Waals surface area contributed by atoms with Crippen molar-refractivity contribution in [2.45, 2.75) is 65.3 Å². The normalized spacial score (nSPS) is 12.1. The highest BCUT2D eigenvalue weighted by atomic mass is 19.3. The van der Waals surface area contributed by atoms with Gasteiger partial charge in [0.15, 0.2) is 6.29 Å². The summed E-state index contributed by atoms with van der Waals surface area (Å²) < 4.78 is 31.0. The number of benzene rings is 1. The van der Waals surface area contributed by atoms with E-state index in [2.05, 4.69) is 20.1 Å². The van der Waals surface area contributed by atoms with E-state index in [1.165, 1.54) is 18.3 Å². The van der Waals surface area contributed by atoms with Crippen LogP contribution in [0, 0.1) is 0 Å². The van der Waals surface area contributed by atoms with E-state index < -0.39 is 12.2 Å². The zero-order valence-corrected chi connectivity index (χ0v) is 20.1. The van der Waals surface area contributed by atoms with Crippen molar-refractivity contribution in [3.8, 4) is 17.0 Å². The summed E-state index contributed by atoms with van der Waals surface area (Å²) in [7, 11) is 1.85. The minimum Gasteiger partial charge on any atom is -0.435 e. The number of pyridine rings is 1. The lowest BCUT2D eigenvalue weighted by molar-refractivity contribution is -0.0498. The fourth-order valence-electron chi connectivity index (χ4n) is 2.81. The van der Waals surface area contributed by atoms with Crippen LogP contribution in [0.5, 0.6) is 5.75 Å². The molecule has 3 rings (SSSR count). The van der Waals surface area contributed by atoms with Crippen LogP contribution < -0.4 is 10.1 Å². The maximum absolute atomic E-state index is 12.4. The molecule has 3 aromatic rings. The van der Waals surface area contributed by atoms with Gasteiger partial charge in [-0.3, -0.25) is 14.5 Å². The summed E-state index contributed by atoms with van der Waals surface area (Å²) in [4.78, 5) is 15.3. The molecule has 2 aromatic heterocycles. The number of aldehydes is 1. The fraction of sp³-hybridized carbons (Fsp3) is 0.458. The largest absolute Gasteiger partial charge is 0.435 e. The Morgan fingerprint density at radius 2 is 1.85 bits per heavy atom. The predicted octanol–water partition coefficient (Wildman–Crippen LogP) is 4.85. The van der Waals surface area contributed by atoms with Crippen molar-refractivity contribution in [2.24, 2.45) is 0 Å². The van der Waals surface area contributed by atoms with Crippen molar-refractivity contribution in [1.29, 1.82) is 0 Å². The highest BCUT2D eigenvalue weighted by molar-refractivity contribution is 5.93. The van der Waals surface area contributed by atoms with Crippen molar-refractivity contribution in [1.82, 2.24) is 20.1 Å². The van der Waals surface area contributed by atoms with Gasteiger partial charge in [0.25, 0.3) is 0 Å². The van der Waals surface area contributed by atoms with Crippen LogP contribution in [0.1, 0.15) is 57.9 Å². The molecule has 0 amide bonds. The maximum atomic E-state index is 12.4. The Morgan fingerprint density at radius 3 is 2.33 bits per heavy atom. The highest BCUT2D eigenvalue weighted by Crippen LogP contribution is 2.31. The third-order valence-electron chi connectivity index (χ3n) is 5.68. The number of hydrogen-bond acceptors (Lipinski definition) is 6. The van der Waals surface area contributed by atoms with Gasteiger partial charge < -0.3 is 15.2 Å². The lowest BCUT2D eigenvalue weighted by Gasteiger charge is -2.36. The SMILES string of the molecule is CC(C)n1nc(-c2cccc(OC(F)F)c2)c2ncc(C=O)cc21.CNC(C)(C)C(C)(C)O. The molecule has 7 nitrogen and oxygen atoms in total. The van der Waals surface area contributed by atoms with Crippen LogP contribution in [0.25, 0.3) is 22.3 Å². The molecule has 0 spiro atoms. The van der Waals surface area contributed by atoms with Crippen molar-refractivity contribution in [3.05, 3.63) is 42.1 Å². The molecule has 0 aliphatic rings. The number of likely N-dealkylation sites (N-methyl/N-ethyl adjacent to an activating group) is 1. The summed E-state index contributed by atoms with van der Waals surface area (Å²) >= 11 is 0. The summed E-state index contributed by atoms with van der Waals surface area (Å²) in [5.41, 5.74) is 2.05. The smallest absolute Gasteiger partial charge is 0.387 e. The molecule has 0 aliphatic carbocycles. The van der Waals surface area contributed by atoms with Crippen LogP contribution in [0.3, 0.4) is 0 Å². The van der Waals surface area contributed by atoms with Gasteiger partial charge in [-0.25, -0.2) is 0 Å². The molecular formula is C24H32F2N4O3. The van der Waals surface area contributed by atoms with Crippen molar-refractivity contribution >= 4 is 17.3 Å². The molecule has 0 radical (unpaired) electrons. The molecule has 0 bridgehead atoms. The molecule has 0 aliphatic heterocycles. The van der Waals surface area contributed by atoms with Gasteiger partial charge in [-0.05, 0) is 66.8 Å². The molecule has 0 saturated heterocycles. The highest BCUT2D eigenvalue weighted by Gasteiger charge is 2.32. The minimum atomic E-state index is -2.89. The molecule has 9 heteroatoms. The molecule has 0 saturated carbocycles. The Hall–Kier alpha value is -2.91. The summed E-state index contributed by atoms with van der Waals surface area (Å²) in [5, 5.41) is 17.1. The molecule has 1 aromatic carbocycles. The third-order valence-corrected chi connectivity index (χ3v) is 5.68. The average molecular weight is 463 g/mol. The lowest BCUT2D eigenvalue weighted by Crippen LogP contribution is -2.54. The first-order valence-corrected chi connectivity index (χ1v) is 10.6. The molecule has 0 fully saturated rings. The van der Waals surface area contributed by atoms with Crippen LogP contribution in [-0.4, -0.2) is 51.0 Å². The maximum Gasteiger partial charge on any atom is 0.387 e. The number of hydrogen-bond donors (Lipinski definition) is 2. The zero-order valence-electron chi connectivity index (χ0n) is 20.1. The molecular weight excluding hydrogens is 430 g/mol. The summed E-state index contributed by atoms with van der Waals surface area (Å²) in [6.45, 7) is 8.55. The van der Waals surface area contributed by atoms with Crippen LogP contribution in [0.4, 0.5) is 8.78 Å². The Balaban J connectivity index is 0.000000365. The first kappa shape index (κ1) is 26.3. The quantitative estimate of drug-likeness (QED) is 0.488. The number of aromatic nitrogens is 3. The molecule has 0 unspecified atom stereocenters. The van der Waals surface area contributed by atoms with Crippen LogP contribution in [0.15, 0.2) is 36.5 Å². The second-order valence-corrected chi connectivity index (χ2v) is 8.98. The monoisotopic (exact) mass is 462 g/mol. The van der Waals surface area contributed by atoms with E-state index in [0.29, 0.717) is 27.9 Å². The fourth-order valence-corrected chi connectivity index (χ4v) is 2.81. The van der Waals surface area contributed by atoms with Gasteiger partial charge in [-0.15, -0.1) is 0 Å². The van der Waals surface area contributed by atoms with Crippen LogP contribution in [-0.2, 0) is 0 Å². The number of nitrogens with one attached hydrogen (secondary N) is 1. The van der Waals surface area contributed by atoms with E-state index in [-0.39, 0.29) is 17.3 Å². The number of alkyl halides is 2. The van der Waals surface area contributed by atoms with E-state index in [1.54, 1.807) is 36.7 Å². The van der Waals surface area contributed by atoms with Crippen molar-refractivity contribution in [2.75, 3.05) is 7.05 Å². The Bertz CT molecular complexity index is 1090. The number of aliphatic hydroxyl groups is 1. The van der Waals surface area contributed by atoms with E-state index >= 15 is 0 Å². The van der Waals surface area contributed by atoms with Gasteiger partial charge >= 0.3 is 6.61 Å². The summed E-state index contributed by atoms with van der Waals surface area (Å²) in [6.07, 6.45) is 2.19. The lowest BCUT2D eigenvalue weighted by atomic mass is 9.86. The Kier molecular flexibility index (Phi) is 8.26. The van der Waals surface area contributed by atoms with E-state index in [9.17, 15) is 18.7 Å². The van der Waals surface area contributed by atoms with Crippen molar-refractivity contribution < 1.29 is 23.4 Å². The number of rotatable bonds is 7. The summed E-state index contributed by atoms with van der Waals surface area (Å²) in [6, 6.07) is 8.08. The Morgan fingerprint density at radius 1 is 1.18 bits per heavy atom. The van der Waals surface area contributed by atoms with Gasteiger partial charge in [0.2, 0.25) is 0 Å². The average Bonchev–Trinajstić information content (AvgIpc) is 3.12. The number of carbonyl (C=O) groups excluding carboxylic acids is 1. The number of ether oxygens (including phenoxy) is 1. The molecule has 0 atom stereocenters. The standard InChI is InChI=1S/C17H15F2N3O2.C7H17NO/c1-10(2)22-14-6-11(9-23)8-20-16(14)15(21-22)12-4-3-5-13(7-12)24-17(18)19;1-6(2,8-5)7(3,4)9/h3-10,17H,1-2H3;8-9H,1-5H3. The summed E-state index contributed by atoms with van der Waals surface area (Å²) in [5.74, 6) is 0.0549.